The van der Waals surface area contributed by atoms with Crippen molar-refractivity contribution in [3.05, 3.63) is 119 Å². The molecule has 0 bridgehead atoms. The van der Waals surface area contributed by atoms with E-state index in [4.69, 9.17) is 0 Å². The van der Waals surface area contributed by atoms with Crippen LogP contribution in [0.1, 0.15) is 38.7 Å². The molecule has 0 radical (unpaired) electrons. The van der Waals surface area contributed by atoms with Crippen LogP contribution in [0.25, 0.3) is 5.69 Å². The van der Waals surface area contributed by atoms with Gasteiger partial charge in [-0.15, -0.1) is 0 Å². The summed E-state index contributed by atoms with van der Waals surface area (Å²) < 4.78 is 41.0. The third-order valence-electron chi connectivity index (χ3n) is 5.98. The number of hydrogen-bond acceptors (Lipinski definition) is 2. The summed E-state index contributed by atoms with van der Waals surface area (Å²) in [6.07, 6.45) is -0.225. The van der Waals surface area contributed by atoms with E-state index in [9.17, 15) is 18.0 Å². The number of alkyl halides is 3. The van der Waals surface area contributed by atoms with Crippen LogP contribution >= 0.6 is 0 Å². The van der Waals surface area contributed by atoms with Crippen LogP contribution in [0.5, 0.6) is 0 Å². The summed E-state index contributed by atoms with van der Waals surface area (Å²) in [5.74, 6) is -0.165. The highest BCUT2D eigenvalue weighted by molar-refractivity contribution is 5.95. The van der Waals surface area contributed by atoms with E-state index in [2.05, 4.69) is 5.10 Å². The first-order valence-electron chi connectivity index (χ1n) is 10.6. The molecule has 166 valence electrons. The minimum atomic E-state index is -4.41. The van der Waals surface area contributed by atoms with Crippen molar-refractivity contribution >= 4 is 5.91 Å². The van der Waals surface area contributed by atoms with Gasteiger partial charge in [-0.25, -0.2) is 4.68 Å². The molecule has 0 aliphatic carbocycles. The van der Waals surface area contributed by atoms with E-state index in [0.717, 1.165) is 28.9 Å². The van der Waals surface area contributed by atoms with Gasteiger partial charge in [0.2, 0.25) is 0 Å². The van der Waals surface area contributed by atoms with Gasteiger partial charge in [0.25, 0.3) is 5.91 Å². The average Bonchev–Trinajstić information content (AvgIpc) is 3.38. The number of benzene rings is 3. The second kappa shape index (κ2) is 8.24. The van der Waals surface area contributed by atoms with Crippen molar-refractivity contribution < 1.29 is 18.0 Å². The lowest BCUT2D eigenvalue weighted by Gasteiger charge is -2.38. The van der Waals surface area contributed by atoms with Crippen LogP contribution in [0.15, 0.2) is 91.3 Å². The van der Waals surface area contributed by atoms with Crippen molar-refractivity contribution in [3.8, 4) is 5.69 Å². The molecule has 0 N–H and O–H groups in total. The van der Waals surface area contributed by atoms with Gasteiger partial charge in [0.1, 0.15) is 0 Å². The van der Waals surface area contributed by atoms with Gasteiger partial charge in [-0.3, -0.25) is 4.79 Å². The van der Waals surface area contributed by atoms with E-state index in [1.165, 1.54) is 12.1 Å². The zero-order chi connectivity index (χ0) is 23.0. The van der Waals surface area contributed by atoms with Crippen LogP contribution < -0.4 is 0 Å². The highest BCUT2D eigenvalue weighted by atomic mass is 19.4. The summed E-state index contributed by atoms with van der Waals surface area (Å²) in [6.45, 7) is 0.475. The van der Waals surface area contributed by atoms with E-state index < -0.39 is 17.8 Å². The van der Waals surface area contributed by atoms with Crippen LogP contribution in [0.4, 0.5) is 13.2 Å². The Hall–Kier alpha value is -3.87. The molecule has 1 atom stereocenters. The average molecular weight is 447 g/mol. The minimum Gasteiger partial charge on any atom is -0.327 e. The van der Waals surface area contributed by atoms with Crippen molar-refractivity contribution in [2.45, 2.75) is 18.6 Å². The molecule has 1 aliphatic rings. The number of amides is 1. The van der Waals surface area contributed by atoms with E-state index in [-0.39, 0.29) is 5.91 Å². The Bertz CT molecular complexity index is 1260. The van der Waals surface area contributed by atoms with Gasteiger partial charge >= 0.3 is 6.18 Å². The molecular weight excluding hydrogens is 427 g/mol. The monoisotopic (exact) mass is 447 g/mol. The lowest BCUT2D eigenvalue weighted by Crippen LogP contribution is -2.40. The molecule has 0 unspecified atom stereocenters. The van der Waals surface area contributed by atoms with Gasteiger partial charge in [0, 0.05) is 24.5 Å². The first-order chi connectivity index (χ1) is 15.9. The zero-order valence-electron chi connectivity index (χ0n) is 17.5. The fourth-order valence-electron chi connectivity index (χ4n) is 4.34. The number of halogens is 3. The highest BCUT2D eigenvalue weighted by Gasteiger charge is 2.34. The van der Waals surface area contributed by atoms with Crippen LogP contribution in [0.3, 0.4) is 0 Å². The van der Waals surface area contributed by atoms with Gasteiger partial charge in [-0.05, 0) is 65.6 Å². The third kappa shape index (κ3) is 4.02. The fourth-order valence-corrected chi connectivity index (χ4v) is 4.34. The first kappa shape index (κ1) is 21.0. The quantitative estimate of drug-likeness (QED) is 0.405. The molecule has 1 aliphatic heterocycles. The molecule has 0 saturated carbocycles. The second-order valence-electron chi connectivity index (χ2n) is 7.97. The summed E-state index contributed by atoms with van der Waals surface area (Å²) in [5.41, 5.74) is 3.33. The van der Waals surface area contributed by atoms with E-state index in [1.54, 1.807) is 27.9 Å². The van der Waals surface area contributed by atoms with E-state index in [1.807, 2.05) is 48.7 Å². The number of aromatic nitrogens is 2. The molecule has 1 amide bonds. The van der Waals surface area contributed by atoms with Gasteiger partial charge in [-0.1, -0.05) is 36.4 Å². The maximum absolute atomic E-state index is 13.5. The molecule has 0 saturated heterocycles. The lowest BCUT2D eigenvalue weighted by atomic mass is 9.87. The number of fused-ring (bicyclic) bond motifs is 1. The van der Waals surface area contributed by atoms with Gasteiger partial charge in [0.15, 0.2) is 0 Å². The van der Waals surface area contributed by atoms with E-state index >= 15 is 0 Å². The van der Waals surface area contributed by atoms with Gasteiger partial charge in [-0.2, -0.15) is 18.3 Å². The van der Waals surface area contributed by atoms with E-state index in [0.29, 0.717) is 24.1 Å². The molecule has 5 rings (SSSR count). The normalized spacial score (nSPS) is 15.8. The Kier molecular flexibility index (Phi) is 5.24. The molecule has 7 heteroatoms. The first-order valence-corrected chi connectivity index (χ1v) is 10.6. The Morgan fingerprint density at radius 2 is 1.64 bits per heavy atom. The van der Waals surface area contributed by atoms with Crippen molar-refractivity contribution in [2.75, 3.05) is 6.54 Å². The standard InChI is InChI=1S/C26H20F3N3O/c27-26(28,29)21-10-6-19(7-11-21)24-23-5-2-1-4-18(23)14-17-31(24)25(33)20-8-12-22(13-9-20)32-16-3-15-30-32/h1-13,15-16,24H,14,17H2/t24-/m1/s1. The summed E-state index contributed by atoms with van der Waals surface area (Å²) in [7, 11) is 0. The van der Waals surface area contributed by atoms with Crippen LogP contribution in [-0.4, -0.2) is 27.1 Å². The Balaban J connectivity index is 1.51. The van der Waals surface area contributed by atoms with Crippen molar-refractivity contribution in [1.82, 2.24) is 14.7 Å². The zero-order valence-corrected chi connectivity index (χ0v) is 17.5. The summed E-state index contributed by atoms with van der Waals surface area (Å²) in [4.78, 5) is 15.3. The maximum atomic E-state index is 13.5. The maximum Gasteiger partial charge on any atom is 0.416 e. The third-order valence-corrected chi connectivity index (χ3v) is 5.98. The van der Waals surface area contributed by atoms with Crippen molar-refractivity contribution in [3.63, 3.8) is 0 Å². The number of carbonyl (C=O) groups is 1. The number of nitrogens with zero attached hydrogens (tertiary/aromatic N) is 3. The largest absolute Gasteiger partial charge is 0.416 e. The smallest absolute Gasteiger partial charge is 0.327 e. The molecule has 33 heavy (non-hydrogen) atoms. The van der Waals surface area contributed by atoms with Crippen LogP contribution in [0, 0.1) is 0 Å². The van der Waals surface area contributed by atoms with Crippen molar-refractivity contribution in [2.24, 2.45) is 0 Å². The molecule has 0 spiro atoms. The molecular formula is C26H20F3N3O. The lowest BCUT2D eigenvalue weighted by molar-refractivity contribution is -0.137. The number of hydrogen-bond donors (Lipinski definition) is 0. The fraction of sp³-hybridized carbons (Fsp3) is 0.154. The predicted molar refractivity (Wildman–Crippen MR) is 118 cm³/mol. The van der Waals surface area contributed by atoms with Crippen molar-refractivity contribution in [1.29, 1.82) is 0 Å². The molecule has 0 fully saturated rings. The summed E-state index contributed by atoms with van der Waals surface area (Å²) in [5, 5.41) is 4.19. The summed E-state index contributed by atoms with van der Waals surface area (Å²) in [6, 6.07) is 21.4. The Morgan fingerprint density at radius 1 is 0.909 bits per heavy atom. The van der Waals surface area contributed by atoms with Gasteiger partial charge in [0.05, 0.1) is 17.3 Å². The number of rotatable bonds is 3. The Labute approximate surface area is 188 Å². The second-order valence-corrected chi connectivity index (χ2v) is 7.97. The molecule has 4 nitrogen and oxygen atoms in total. The SMILES string of the molecule is O=C(c1ccc(-n2cccn2)cc1)N1CCc2ccccc2[C@H]1c1ccc(C(F)(F)F)cc1. The van der Waals surface area contributed by atoms with Crippen LogP contribution in [0.2, 0.25) is 0 Å². The minimum absolute atomic E-state index is 0.165. The molecule has 1 aromatic heterocycles. The number of carbonyl (C=O) groups excluding carboxylic acids is 1. The topological polar surface area (TPSA) is 38.1 Å². The predicted octanol–water partition coefficient (Wildman–Crippen LogP) is 5.68. The summed E-state index contributed by atoms with van der Waals surface area (Å²) >= 11 is 0. The molecule has 3 aromatic carbocycles. The highest BCUT2D eigenvalue weighted by Crippen LogP contribution is 2.37. The molecule has 4 aromatic rings. The molecule has 2 heterocycles. The Morgan fingerprint density at radius 3 is 2.30 bits per heavy atom. The van der Waals surface area contributed by atoms with Crippen LogP contribution in [-0.2, 0) is 12.6 Å². The van der Waals surface area contributed by atoms with Gasteiger partial charge < -0.3 is 4.90 Å².